The van der Waals surface area contributed by atoms with Gasteiger partial charge in [0.05, 0.1) is 15.1 Å². The molecule has 2 aromatic rings. The minimum absolute atomic E-state index is 0.0219. The van der Waals surface area contributed by atoms with Crippen molar-refractivity contribution in [2.45, 2.75) is 13.2 Å². The van der Waals surface area contributed by atoms with Crippen molar-refractivity contribution in [1.82, 2.24) is 9.88 Å². The third kappa shape index (κ3) is 4.85. The number of hydrogen-bond donors (Lipinski definition) is 0. The van der Waals surface area contributed by atoms with Gasteiger partial charge in [0, 0.05) is 13.6 Å². The SMILES string of the molecule is CN(Cc1ccc(OC(F)F)cc1)C(=O)c1nc(Cl)c(Cl)c(Cl)c1Cl. The first-order chi connectivity index (χ1) is 11.7. The highest BCUT2D eigenvalue weighted by molar-refractivity contribution is 6.52. The molecule has 0 N–H and O–H groups in total. The Morgan fingerprint density at radius 3 is 2.28 bits per heavy atom. The summed E-state index contributed by atoms with van der Waals surface area (Å²) in [6, 6.07) is 5.86. The molecule has 25 heavy (non-hydrogen) atoms. The molecule has 10 heteroatoms. The van der Waals surface area contributed by atoms with E-state index in [9.17, 15) is 13.6 Å². The fourth-order valence-corrected chi connectivity index (χ4v) is 2.74. The molecular formula is C15H10Cl4F2N2O2. The molecule has 1 aromatic heterocycles. The van der Waals surface area contributed by atoms with Crippen LogP contribution in [0.3, 0.4) is 0 Å². The van der Waals surface area contributed by atoms with Crippen LogP contribution in [-0.4, -0.2) is 29.5 Å². The van der Waals surface area contributed by atoms with Gasteiger partial charge in [0.2, 0.25) is 0 Å². The molecule has 0 aliphatic heterocycles. The number of carbonyl (C=O) groups excluding carboxylic acids is 1. The van der Waals surface area contributed by atoms with Crippen molar-refractivity contribution < 1.29 is 18.3 Å². The highest BCUT2D eigenvalue weighted by Gasteiger charge is 2.23. The summed E-state index contributed by atoms with van der Waals surface area (Å²) in [6.45, 7) is -2.73. The molecule has 0 aliphatic rings. The van der Waals surface area contributed by atoms with Crippen molar-refractivity contribution in [3.8, 4) is 5.75 Å². The first kappa shape index (κ1) is 20.0. The van der Waals surface area contributed by atoms with Crippen LogP contribution in [0.2, 0.25) is 20.2 Å². The highest BCUT2D eigenvalue weighted by atomic mass is 35.5. The Kier molecular flexibility index (Phi) is 6.68. The number of carbonyl (C=O) groups is 1. The third-order valence-corrected chi connectivity index (χ3v) is 4.78. The van der Waals surface area contributed by atoms with Crippen LogP contribution in [0.5, 0.6) is 5.75 Å². The van der Waals surface area contributed by atoms with E-state index in [-0.39, 0.29) is 38.2 Å². The predicted molar refractivity (Wildman–Crippen MR) is 93.1 cm³/mol. The van der Waals surface area contributed by atoms with Crippen molar-refractivity contribution in [1.29, 1.82) is 0 Å². The van der Waals surface area contributed by atoms with E-state index < -0.39 is 12.5 Å². The van der Waals surface area contributed by atoms with Gasteiger partial charge in [-0.2, -0.15) is 8.78 Å². The minimum atomic E-state index is -2.90. The zero-order valence-corrected chi connectivity index (χ0v) is 15.6. The van der Waals surface area contributed by atoms with Gasteiger partial charge in [-0.15, -0.1) is 0 Å². The largest absolute Gasteiger partial charge is 0.435 e. The lowest BCUT2D eigenvalue weighted by atomic mass is 10.2. The van der Waals surface area contributed by atoms with Crippen LogP contribution in [0.1, 0.15) is 16.1 Å². The van der Waals surface area contributed by atoms with E-state index in [1.165, 1.54) is 24.1 Å². The van der Waals surface area contributed by atoms with Gasteiger partial charge in [0.25, 0.3) is 5.91 Å². The first-order valence-corrected chi connectivity index (χ1v) is 8.21. The molecule has 2 rings (SSSR count). The number of nitrogens with zero attached hydrogens (tertiary/aromatic N) is 2. The molecular weight excluding hydrogens is 420 g/mol. The van der Waals surface area contributed by atoms with Gasteiger partial charge in [0.15, 0.2) is 0 Å². The molecule has 0 saturated carbocycles. The maximum Gasteiger partial charge on any atom is 0.387 e. The molecule has 0 unspecified atom stereocenters. The molecule has 0 fully saturated rings. The van der Waals surface area contributed by atoms with E-state index in [0.717, 1.165) is 0 Å². The summed E-state index contributed by atoms with van der Waals surface area (Å²) in [6.07, 6.45) is 0. The highest BCUT2D eigenvalue weighted by Crippen LogP contribution is 2.36. The fraction of sp³-hybridized carbons (Fsp3) is 0.200. The first-order valence-electron chi connectivity index (χ1n) is 6.70. The summed E-state index contributed by atoms with van der Waals surface area (Å²) >= 11 is 23.6. The molecule has 1 heterocycles. The van der Waals surface area contributed by atoms with E-state index >= 15 is 0 Å². The summed E-state index contributed by atoms with van der Waals surface area (Å²) < 4.78 is 28.5. The number of amides is 1. The second-order valence-electron chi connectivity index (χ2n) is 4.88. The number of alkyl halides is 2. The second-order valence-corrected chi connectivity index (χ2v) is 6.37. The van der Waals surface area contributed by atoms with Crippen molar-refractivity contribution >= 4 is 52.3 Å². The summed E-state index contributed by atoms with van der Waals surface area (Å²) in [5.41, 5.74) is 0.543. The average Bonchev–Trinajstić information content (AvgIpc) is 2.57. The Bertz CT molecular complexity index is 788. The molecule has 1 aromatic carbocycles. The Labute approximate surface area is 162 Å². The van der Waals surface area contributed by atoms with Crippen molar-refractivity contribution in [2.75, 3.05) is 7.05 Å². The van der Waals surface area contributed by atoms with E-state index in [2.05, 4.69) is 9.72 Å². The fourth-order valence-electron chi connectivity index (χ4n) is 1.93. The van der Waals surface area contributed by atoms with E-state index in [0.29, 0.717) is 5.56 Å². The van der Waals surface area contributed by atoms with Crippen LogP contribution >= 0.6 is 46.4 Å². The number of benzene rings is 1. The lowest BCUT2D eigenvalue weighted by Crippen LogP contribution is -2.27. The average molecular weight is 430 g/mol. The molecule has 134 valence electrons. The van der Waals surface area contributed by atoms with Gasteiger partial charge in [-0.25, -0.2) is 4.98 Å². The van der Waals surface area contributed by atoms with Crippen LogP contribution in [0.15, 0.2) is 24.3 Å². The van der Waals surface area contributed by atoms with E-state index in [1.54, 1.807) is 12.1 Å². The Hall–Kier alpha value is -1.34. The number of rotatable bonds is 5. The molecule has 1 amide bonds. The summed E-state index contributed by atoms with van der Waals surface area (Å²) in [5, 5.41) is -0.342. The van der Waals surface area contributed by atoms with Crippen molar-refractivity contribution in [2.24, 2.45) is 0 Å². The molecule has 0 bridgehead atoms. The van der Waals surface area contributed by atoms with Crippen LogP contribution in [0.25, 0.3) is 0 Å². The Morgan fingerprint density at radius 1 is 1.12 bits per heavy atom. The minimum Gasteiger partial charge on any atom is -0.435 e. The van der Waals surface area contributed by atoms with Gasteiger partial charge < -0.3 is 9.64 Å². The van der Waals surface area contributed by atoms with Crippen LogP contribution in [0.4, 0.5) is 8.78 Å². The smallest absolute Gasteiger partial charge is 0.387 e. The quantitative estimate of drug-likeness (QED) is 0.583. The number of hydrogen-bond acceptors (Lipinski definition) is 3. The summed E-state index contributed by atoms with van der Waals surface area (Å²) in [4.78, 5) is 17.7. The topological polar surface area (TPSA) is 42.4 Å². The summed E-state index contributed by atoms with van der Waals surface area (Å²) in [7, 11) is 1.51. The van der Waals surface area contributed by atoms with E-state index in [4.69, 9.17) is 46.4 Å². The van der Waals surface area contributed by atoms with Gasteiger partial charge in [-0.05, 0) is 17.7 Å². The normalized spacial score (nSPS) is 10.9. The maximum atomic E-state index is 12.5. The molecule has 0 aliphatic carbocycles. The number of halogens is 6. The van der Waals surface area contributed by atoms with Gasteiger partial charge in [-0.3, -0.25) is 4.79 Å². The monoisotopic (exact) mass is 428 g/mol. The van der Waals surface area contributed by atoms with Crippen LogP contribution < -0.4 is 4.74 Å². The standard InChI is InChI=1S/C15H10Cl4F2N2O2/c1-23(6-7-2-4-8(5-3-7)25-15(20)21)14(24)12-10(17)9(16)11(18)13(19)22-12/h2-5,15H,6H2,1H3. The molecule has 0 spiro atoms. The lowest BCUT2D eigenvalue weighted by Gasteiger charge is -2.18. The van der Waals surface area contributed by atoms with Gasteiger partial charge in [0.1, 0.15) is 16.6 Å². The Morgan fingerprint density at radius 2 is 1.72 bits per heavy atom. The number of aromatic nitrogens is 1. The Balaban J connectivity index is 2.16. The molecule has 0 radical (unpaired) electrons. The van der Waals surface area contributed by atoms with Gasteiger partial charge in [-0.1, -0.05) is 58.5 Å². The summed E-state index contributed by atoms with van der Waals surface area (Å²) in [5.74, 6) is -0.507. The molecule has 0 atom stereocenters. The van der Waals surface area contributed by atoms with Gasteiger partial charge >= 0.3 is 6.61 Å². The lowest BCUT2D eigenvalue weighted by molar-refractivity contribution is -0.0498. The zero-order valence-electron chi connectivity index (χ0n) is 12.6. The number of ether oxygens (including phenoxy) is 1. The van der Waals surface area contributed by atoms with Crippen LogP contribution in [0, 0.1) is 0 Å². The molecule has 0 saturated heterocycles. The van der Waals surface area contributed by atoms with Crippen LogP contribution in [-0.2, 0) is 6.54 Å². The zero-order chi connectivity index (χ0) is 18.7. The maximum absolute atomic E-state index is 12.5. The third-order valence-electron chi connectivity index (χ3n) is 3.10. The van der Waals surface area contributed by atoms with E-state index in [1.807, 2.05) is 0 Å². The number of pyridine rings is 1. The van der Waals surface area contributed by atoms with Crippen molar-refractivity contribution in [3.63, 3.8) is 0 Å². The predicted octanol–water partition coefficient (Wildman–Crippen LogP) is 5.57. The second kappa shape index (κ2) is 8.36. The van der Waals surface area contributed by atoms with Crippen molar-refractivity contribution in [3.05, 3.63) is 55.7 Å². The molecule has 4 nitrogen and oxygen atoms in total.